The number of hydrogen-bond acceptors (Lipinski definition) is 14. The molecule has 25 nitrogen and oxygen atoms in total. The van der Waals surface area contributed by atoms with Crippen LogP contribution < -0.4 is 59.7 Å². The number of nitrogens with one attached hydrogen (secondary N) is 8. The molecule has 11 atom stereocenters. The van der Waals surface area contributed by atoms with Gasteiger partial charge in [-0.2, -0.15) is 0 Å². The fourth-order valence-corrected chi connectivity index (χ4v) is 5.58. The third kappa shape index (κ3) is 20.2. The summed E-state index contributed by atoms with van der Waals surface area (Å²) in [5.74, 6) is -12.8. The molecule has 0 saturated heterocycles. The van der Waals surface area contributed by atoms with Crippen LogP contribution >= 0.6 is 0 Å². The molecule has 0 rings (SSSR count). The van der Waals surface area contributed by atoms with Crippen LogP contribution in [0, 0.1) is 17.8 Å². The van der Waals surface area contributed by atoms with Crippen LogP contribution in [0.25, 0.3) is 0 Å². The van der Waals surface area contributed by atoms with Gasteiger partial charge in [-0.1, -0.05) is 54.4 Å². The molecule has 0 aliphatic heterocycles. The van der Waals surface area contributed by atoms with E-state index in [1.807, 2.05) is 0 Å². The van der Waals surface area contributed by atoms with Crippen LogP contribution in [-0.4, -0.2) is 148 Å². The van der Waals surface area contributed by atoms with Crippen molar-refractivity contribution in [2.45, 2.75) is 142 Å². The maximum Gasteiger partial charge on any atom is 0.326 e. The van der Waals surface area contributed by atoms with Gasteiger partial charge in [0.25, 0.3) is 0 Å². The van der Waals surface area contributed by atoms with Crippen molar-refractivity contribution in [3.05, 3.63) is 0 Å². The number of aliphatic hydroxyl groups is 2. The standard InChI is InChI=1S/C38H67N11O14/c1-9-17(5)28(47-31(55)19(7)39)36(60)44-21(11-12-24(40)52)32(56)42-14-26(54)43-22(13-25(41)53)33(57)46-27(16(3)4)35(59)49-30(20(8)51)37(61)45-23(15-50)34(58)48-29(38(62)63)18(6)10-2/h16-23,27-30,50-51H,9-15,39H2,1-8H3,(H2,40,52)(H2,41,53)(H,42,56)(H,43,54)(H,44,60)(H,45,61)(H,46,57)(H,47,55)(H,48,58)(H,49,59)(H,62,63)/t17-,18-,19-,20+,21-,22-,23-,27-,28-,29-,30-/m0/s1. The molecule has 358 valence electrons. The molecule has 63 heavy (non-hydrogen) atoms. The van der Waals surface area contributed by atoms with Crippen LogP contribution in [0.15, 0.2) is 0 Å². The molecule has 0 spiro atoms. The molecular formula is C38H67N11O14. The Labute approximate surface area is 365 Å². The second kappa shape index (κ2) is 27.9. The molecule has 0 aromatic carbocycles. The minimum absolute atomic E-state index is 0.311. The van der Waals surface area contributed by atoms with Crippen molar-refractivity contribution in [1.29, 1.82) is 0 Å². The third-order valence-electron chi connectivity index (χ3n) is 9.90. The van der Waals surface area contributed by atoms with E-state index in [1.165, 1.54) is 20.8 Å². The van der Waals surface area contributed by atoms with Crippen molar-refractivity contribution in [2.24, 2.45) is 35.0 Å². The summed E-state index contributed by atoms with van der Waals surface area (Å²) in [5.41, 5.74) is 16.2. The summed E-state index contributed by atoms with van der Waals surface area (Å²) in [6, 6.07) is -11.6. The molecule has 0 aliphatic carbocycles. The normalized spacial score (nSPS) is 16.3. The number of carbonyl (C=O) groups is 11. The van der Waals surface area contributed by atoms with Gasteiger partial charge < -0.3 is 75.1 Å². The van der Waals surface area contributed by atoms with Crippen LogP contribution in [0.1, 0.15) is 87.5 Å². The van der Waals surface area contributed by atoms with Gasteiger partial charge in [0.05, 0.1) is 31.7 Å². The van der Waals surface area contributed by atoms with E-state index in [2.05, 4.69) is 42.5 Å². The van der Waals surface area contributed by atoms with E-state index in [0.717, 1.165) is 6.92 Å². The van der Waals surface area contributed by atoms with E-state index >= 15 is 0 Å². The van der Waals surface area contributed by atoms with Crippen molar-refractivity contribution in [1.82, 2.24) is 42.5 Å². The summed E-state index contributed by atoms with van der Waals surface area (Å²) in [7, 11) is 0. The van der Waals surface area contributed by atoms with E-state index in [-0.39, 0.29) is 12.8 Å². The highest BCUT2D eigenvalue weighted by molar-refractivity contribution is 5.98. The fraction of sp³-hybridized carbons (Fsp3) is 0.711. The first-order valence-corrected chi connectivity index (χ1v) is 20.5. The Kier molecular flexibility index (Phi) is 25.2. The maximum atomic E-state index is 13.5. The first kappa shape index (κ1) is 57.1. The number of primary amides is 2. The summed E-state index contributed by atoms with van der Waals surface area (Å²) < 4.78 is 0. The topological polar surface area (TPSA) is 423 Å². The first-order valence-electron chi connectivity index (χ1n) is 20.5. The number of amides is 10. The number of hydrogen-bond donors (Lipinski definition) is 14. The molecule has 0 saturated carbocycles. The smallest absolute Gasteiger partial charge is 0.326 e. The van der Waals surface area contributed by atoms with E-state index in [4.69, 9.17) is 17.2 Å². The quantitative estimate of drug-likeness (QED) is 0.0333. The average Bonchev–Trinajstić information content (AvgIpc) is 3.20. The monoisotopic (exact) mass is 901 g/mol. The maximum absolute atomic E-state index is 13.5. The van der Waals surface area contributed by atoms with Gasteiger partial charge in [0.1, 0.15) is 42.3 Å². The van der Waals surface area contributed by atoms with Crippen LogP contribution in [0.4, 0.5) is 0 Å². The number of aliphatic carboxylic acids is 1. The van der Waals surface area contributed by atoms with Gasteiger partial charge in [0.15, 0.2) is 0 Å². The summed E-state index contributed by atoms with van der Waals surface area (Å²) in [6.45, 7) is 10.3. The molecule has 0 aliphatic rings. The van der Waals surface area contributed by atoms with Crippen LogP contribution in [0.3, 0.4) is 0 Å². The van der Waals surface area contributed by atoms with Gasteiger partial charge in [-0.15, -0.1) is 0 Å². The lowest BCUT2D eigenvalue weighted by atomic mass is 9.97. The van der Waals surface area contributed by atoms with Crippen LogP contribution in [0.2, 0.25) is 0 Å². The minimum atomic E-state index is -1.79. The Balaban J connectivity index is 6.04. The molecule has 10 amide bonds. The summed E-state index contributed by atoms with van der Waals surface area (Å²) in [6.07, 6.45) is -2.31. The number of aliphatic hydroxyl groups excluding tert-OH is 2. The number of carbonyl (C=O) groups excluding carboxylic acids is 10. The summed E-state index contributed by atoms with van der Waals surface area (Å²) in [4.78, 5) is 140. The fourth-order valence-electron chi connectivity index (χ4n) is 5.58. The first-order chi connectivity index (χ1) is 29.2. The SMILES string of the molecule is CC[C@H](C)[C@H](NC(=O)[C@H](CO)NC(=O)[C@@H](NC(=O)[C@@H](NC(=O)[C@H](CC(N)=O)NC(=O)CNC(=O)[C@H](CCC(N)=O)NC(=O)[C@@H](NC(=O)[C@H](C)N)[C@@H](C)CC)C(C)C)[C@@H](C)O)C(=O)O. The highest BCUT2D eigenvalue weighted by Crippen LogP contribution is 2.11. The van der Waals surface area contributed by atoms with Gasteiger partial charge in [0.2, 0.25) is 59.1 Å². The molecule has 0 aromatic heterocycles. The Morgan fingerprint density at radius 2 is 1.00 bits per heavy atom. The van der Waals surface area contributed by atoms with E-state index < -0.39 is 157 Å². The molecule has 0 bridgehead atoms. The number of carboxylic acids is 1. The Morgan fingerprint density at radius 1 is 0.540 bits per heavy atom. The van der Waals surface area contributed by atoms with Crippen molar-refractivity contribution in [2.75, 3.05) is 13.2 Å². The zero-order chi connectivity index (χ0) is 48.9. The minimum Gasteiger partial charge on any atom is -0.480 e. The predicted molar refractivity (Wildman–Crippen MR) is 223 cm³/mol. The van der Waals surface area contributed by atoms with Crippen LogP contribution in [0.5, 0.6) is 0 Å². The van der Waals surface area contributed by atoms with Gasteiger partial charge in [-0.3, -0.25) is 47.9 Å². The van der Waals surface area contributed by atoms with Gasteiger partial charge in [0, 0.05) is 6.42 Å². The highest BCUT2D eigenvalue weighted by atomic mass is 16.4. The van der Waals surface area contributed by atoms with Gasteiger partial charge >= 0.3 is 5.97 Å². The molecule has 0 unspecified atom stereocenters. The average molecular weight is 902 g/mol. The lowest BCUT2D eigenvalue weighted by molar-refractivity contribution is -0.144. The zero-order valence-corrected chi connectivity index (χ0v) is 36.9. The van der Waals surface area contributed by atoms with E-state index in [1.54, 1.807) is 27.7 Å². The molecule has 0 fully saturated rings. The number of nitrogens with two attached hydrogens (primary N) is 3. The Bertz CT molecular complexity index is 1640. The van der Waals surface area contributed by atoms with Crippen molar-refractivity contribution in [3.63, 3.8) is 0 Å². The summed E-state index contributed by atoms with van der Waals surface area (Å²) in [5, 5.41) is 48.1. The largest absolute Gasteiger partial charge is 0.480 e. The number of carboxylic acid groups (broad SMARTS) is 1. The lowest BCUT2D eigenvalue weighted by Gasteiger charge is -2.29. The molecule has 17 N–H and O–H groups in total. The van der Waals surface area contributed by atoms with Crippen LogP contribution in [-0.2, 0) is 52.7 Å². The molecular weight excluding hydrogens is 834 g/mol. The molecule has 25 heteroatoms. The second-order valence-electron chi connectivity index (χ2n) is 15.6. The van der Waals surface area contributed by atoms with Crippen molar-refractivity contribution in [3.8, 4) is 0 Å². The van der Waals surface area contributed by atoms with E-state index in [0.29, 0.717) is 12.8 Å². The third-order valence-corrected chi connectivity index (χ3v) is 9.90. The predicted octanol–water partition coefficient (Wildman–Crippen LogP) is -5.81. The lowest BCUT2D eigenvalue weighted by Crippen LogP contribution is -2.62. The molecule has 0 heterocycles. The van der Waals surface area contributed by atoms with E-state index in [9.17, 15) is 68.1 Å². The highest BCUT2D eigenvalue weighted by Gasteiger charge is 2.36. The Morgan fingerprint density at radius 3 is 1.46 bits per heavy atom. The van der Waals surface area contributed by atoms with Gasteiger partial charge in [-0.25, -0.2) is 4.79 Å². The summed E-state index contributed by atoms with van der Waals surface area (Å²) >= 11 is 0. The Hall–Kier alpha value is -5.95. The van der Waals surface area contributed by atoms with Crippen molar-refractivity contribution >= 4 is 65.0 Å². The van der Waals surface area contributed by atoms with Crippen molar-refractivity contribution < 1.29 is 68.1 Å². The second-order valence-corrected chi connectivity index (χ2v) is 15.6. The van der Waals surface area contributed by atoms with Gasteiger partial charge in [-0.05, 0) is 38.0 Å². The zero-order valence-electron chi connectivity index (χ0n) is 36.9. The molecule has 0 aromatic rings. The molecule has 0 radical (unpaired) electrons. The number of rotatable bonds is 29.